The summed E-state index contributed by atoms with van der Waals surface area (Å²) in [6.45, 7) is 0. The molecule has 1 atom stereocenters. The van der Waals surface area contributed by atoms with Crippen LogP contribution < -0.4 is 0 Å². The highest BCUT2D eigenvalue weighted by Crippen LogP contribution is 2.38. The fraction of sp³-hybridized carbons (Fsp3) is 0.0556. The van der Waals surface area contributed by atoms with Gasteiger partial charge >= 0.3 is 0 Å². The number of thiophene rings is 1. The van der Waals surface area contributed by atoms with Crippen LogP contribution in [-0.4, -0.2) is 10.9 Å². The third-order valence-electron chi connectivity index (χ3n) is 3.49. The van der Waals surface area contributed by atoms with Crippen molar-refractivity contribution >= 4 is 33.0 Å². The topological polar surface area (TPSA) is 37.3 Å². The fourth-order valence-corrected chi connectivity index (χ4v) is 3.87. The third-order valence-corrected chi connectivity index (χ3v) is 5.22. The van der Waals surface area contributed by atoms with Gasteiger partial charge in [0.2, 0.25) is 5.78 Å². The van der Waals surface area contributed by atoms with Crippen molar-refractivity contribution in [3.8, 4) is 0 Å². The lowest BCUT2D eigenvalue weighted by atomic mass is 9.84. The summed E-state index contributed by atoms with van der Waals surface area (Å²) in [6, 6.07) is 21.5. The molecular weight excluding hydrogens is 360 g/mol. The highest BCUT2D eigenvalue weighted by Gasteiger charge is 2.41. The maximum atomic E-state index is 13.0. The van der Waals surface area contributed by atoms with Gasteiger partial charge in [-0.15, -0.1) is 11.3 Å². The number of hydrogen-bond acceptors (Lipinski definition) is 3. The maximum absolute atomic E-state index is 13.0. The van der Waals surface area contributed by atoms with Gasteiger partial charge in [0.05, 0.1) is 3.79 Å². The molecule has 1 N–H and O–H groups in total. The lowest BCUT2D eigenvalue weighted by Gasteiger charge is -2.26. The van der Waals surface area contributed by atoms with Gasteiger partial charge in [0, 0.05) is 10.4 Å². The molecule has 0 radical (unpaired) electrons. The number of Topliss-reactive ketones (excluding diaryl/α,β-unsaturated/α-hetero) is 1. The Labute approximate surface area is 141 Å². The number of halogens is 1. The van der Waals surface area contributed by atoms with Crippen molar-refractivity contribution in [2.45, 2.75) is 5.60 Å². The summed E-state index contributed by atoms with van der Waals surface area (Å²) in [7, 11) is 0. The third kappa shape index (κ3) is 2.65. The van der Waals surface area contributed by atoms with Crippen LogP contribution in [0.3, 0.4) is 0 Å². The Balaban J connectivity index is 2.18. The first kappa shape index (κ1) is 15.2. The quantitative estimate of drug-likeness (QED) is 0.677. The lowest BCUT2D eigenvalue weighted by Crippen LogP contribution is -2.36. The van der Waals surface area contributed by atoms with Crippen molar-refractivity contribution in [2.24, 2.45) is 0 Å². The predicted molar refractivity (Wildman–Crippen MR) is 92.2 cm³/mol. The maximum Gasteiger partial charge on any atom is 0.204 e. The molecular formula is C18H13BrO2S. The molecule has 0 aliphatic carbocycles. The van der Waals surface area contributed by atoms with E-state index in [1.807, 2.05) is 30.3 Å². The van der Waals surface area contributed by atoms with Crippen LogP contribution in [0.5, 0.6) is 0 Å². The molecule has 0 amide bonds. The number of carbonyl (C=O) groups excluding carboxylic acids is 1. The van der Waals surface area contributed by atoms with Crippen LogP contribution >= 0.6 is 27.3 Å². The predicted octanol–water partition coefficient (Wildman–Crippen LogP) is 4.63. The molecule has 4 heteroatoms. The molecule has 1 aromatic heterocycles. The van der Waals surface area contributed by atoms with Crippen LogP contribution in [0.25, 0.3) is 0 Å². The summed E-state index contributed by atoms with van der Waals surface area (Å²) < 4.78 is 0.873. The zero-order chi connectivity index (χ0) is 15.6. The van der Waals surface area contributed by atoms with Gasteiger partial charge in [-0.05, 0) is 33.6 Å². The molecule has 0 saturated heterocycles. The highest BCUT2D eigenvalue weighted by molar-refractivity contribution is 9.11. The molecule has 110 valence electrons. The molecule has 0 bridgehead atoms. The lowest BCUT2D eigenvalue weighted by molar-refractivity contribution is 0.0501. The molecule has 0 aliphatic heterocycles. The number of benzene rings is 2. The van der Waals surface area contributed by atoms with Gasteiger partial charge in [0.15, 0.2) is 5.60 Å². The van der Waals surface area contributed by atoms with E-state index in [2.05, 4.69) is 15.9 Å². The van der Waals surface area contributed by atoms with Crippen LogP contribution in [-0.2, 0) is 5.60 Å². The van der Waals surface area contributed by atoms with E-state index in [4.69, 9.17) is 0 Å². The number of carbonyl (C=O) groups is 1. The van der Waals surface area contributed by atoms with E-state index in [0.717, 1.165) is 3.79 Å². The van der Waals surface area contributed by atoms with Gasteiger partial charge < -0.3 is 5.11 Å². The van der Waals surface area contributed by atoms with Crippen molar-refractivity contribution in [3.63, 3.8) is 0 Å². The first-order valence-electron chi connectivity index (χ1n) is 6.76. The summed E-state index contributed by atoms with van der Waals surface area (Å²) in [5.41, 5.74) is -0.629. The zero-order valence-electron chi connectivity index (χ0n) is 11.6. The second kappa shape index (κ2) is 6.16. The Hall–Kier alpha value is -1.75. The van der Waals surface area contributed by atoms with Crippen molar-refractivity contribution in [1.29, 1.82) is 0 Å². The van der Waals surface area contributed by atoms with E-state index in [0.29, 0.717) is 16.0 Å². The molecule has 0 spiro atoms. The molecule has 3 rings (SSSR count). The van der Waals surface area contributed by atoms with Crippen molar-refractivity contribution < 1.29 is 9.90 Å². The Morgan fingerprint density at radius 3 is 2.05 bits per heavy atom. The Morgan fingerprint density at radius 2 is 1.50 bits per heavy atom. The molecule has 0 saturated carbocycles. The first-order valence-corrected chi connectivity index (χ1v) is 8.37. The largest absolute Gasteiger partial charge is 0.372 e. The Morgan fingerprint density at radius 1 is 0.909 bits per heavy atom. The summed E-state index contributed by atoms with van der Waals surface area (Å²) >= 11 is 4.76. The Kier molecular flexibility index (Phi) is 4.25. The van der Waals surface area contributed by atoms with Crippen molar-refractivity contribution in [2.75, 3.05) is 0 Å². The van der Waals surface area contributed by atoms with E-state index >= 15 is 0 Å². The summed E-state index contributed by atoms with van der Waals surface area (Å²) in [5.74, 6) is -0.325. The number of ketones is 1. The van der Waals surface area contributed by atoms with Crippen LogP contribution in [0.2, 0.25) is 0 Å². The number of aliphatic hydroxyl groups is 1. The highest BCUT2D eigenvalue weighted by atomic mass is 79.9. The van der Waals surface area contributed by atoms with Gasteiger partial charge in [-0.2, -0.15) is 0 Å². The minimum atomic E-state index is -1.68. The molecule has 0 fully saturated rings. The van der Waals surface area contributed by atoms with Gasteiger partial charge in [-0.25, -0.2) is 0 Å². The van der Waals surface area contributed by atoms with E-state index in [-0.39, 0.29) is 5.78 Å². The normalized spacial score (nSPS) is 13.5. The van der Waals surface area contributed by atoms with Crippen molar-refractivity contribution in [1.82, 2.24) is 0 Å². The summed E-state index contributed by atoms with van der Waals surface area (Å²) in [5, 5.41) is 11.3. The minimum Gasteiger partial charge on any atom is -0.372 e. The van der Waals surface area contributed by atoms with E-state index in [1.165, 1.54) is 11.3 Å². The molecule has 2 aromatic carbocycles. The second-order valence-electron chi connectivity index (χ2n) is 4.88. The number of hydrogen-bond donors (Lipinski definition) is 1. The van der Waals surface area contributed by atoms with E-state index in [9.17, 15) is 9.90 Å². The molecule has 22 heavy (non-hydrogen) atoms. The smallest absolute Gasteiger partial charge is 0.204 e. The standard InChI is InChI=1S/C18H13BrO2S/c19-16-12-11-15(22-16)18(21,14-9-5-2-6-10-14)17(20)13-7-3-1-4-8-13/h1-12,21H. The van der Waals surface area contributed by atoms with E-state index in [1.54, 1.807) is 42.5 Å². The van der Waals surface area contributed by atoms with Crippen molar-refractivity contribution in [3.05, 3.63) is 92.6 Å². The molecule has 3 aromatic rings. The average molecular weight is 373 g/mol. The molecule has 1 unspecified atom stereocenters. The van der Waals surface area contributed by atoms with Gasteiger partial charge in [-0.1, -0.05) is 60.7 Å². The Bertz CT molecular complexity index is 783. The van der Waals surface area contributed by atoms with E-state index < -0.39 is 5.60 Å². The minimum absolute atomic E-state index is 0.325. The number of rotatable bonds is 4. The fourth-order valence-electron chi connectivity index (χ4n) is 2.37. The second-order valence-corrected chi connectivity index (χ2v) is 7.34. The van der Waals surface area contributed by atoms with Gasteiger partial charge in [0.25, 0.3) is 0 Å². The van der Waals surface area contributed by atoms with Crippen LogP contribution in [0.4, 0.5) is 0 Å². The van der Waals surface area contributed by atoms with Crippen LogP contribution in [0.15, 0.2) is 76.6 Å². The molecule has 2 nitrogen and oxygen atoms in total. The zero-order valence-corrected chi connectivity index (χ0v) is 14.0. The van der Waals surface area contributed by atoms with Crippen LogP contribution in [0, 0.1) is 0 Å². The summed E-state index contributed by atoms with van der Waals surface area (Å²) in [4.78, 5) is 13.6. The summed E-state index contributed by atoms with van der Waals surface area (Å²) in [6.07, 6.45) is 0. The average Bonchev–Trinajstić information content (AvgIpc) is 3.02. The SMILES string of the molecule is O=C(c1ccccc1)C(O)(c1ccccc1)c1ccc(Br)s1. The first-order chi connectivity index (χ1) is 10.6. The molecule has 0 aliphatic rings. The monoisotopic (exact) mass is 372 g/mol. The molecule has 1 heterocycles. The van der Waals surface area contributed by atoms with Gasteiger partial charge in [-0.3, -0.25) is 4.79 Å². The van der Waals surface area contributed by atoms with Crippen LogP contribution in [0.1, 0.15) is 20.8 Å². The van der Waals surface area contributed by atoms with Gasteiger partial charge in [0.1, 0.15) is 0 Å².